The van der Waals surface area contributed by atoms with E-state index < -0.39 is 17.7 Å². The fourth-order valence-electron chi connectivity index (χ4n) is 3.59. The summed E-state index contributed by atoms with van der Waals surface area (Å²) in [5.41, 5.74) is 1.33. The van der Waals surface area contributed by atoms with Gasteiger partial charge in [-0.1, -0.05) is 30.3 Å². The van der Waals surface area contributed by atoms with Crippen LogP contribution in [0.4, 0.5) is 0 Å². The minimum absolute atomic E-state index is 0.0277. The monoisotopic (exact) mass is 409 g/mol. The summed E-state index contributed by atoms with van der Waals surface area (Å²) in [5, 5.41) is 11.0. The Bertz CT molecular complexity index is 918. The molecule has 0 aliphatic carbocycles. The molecule has 1 N–H and O–H groups in total. The molecule has 0 radical (unpaired) electrons. The average molecular weight is 409 g/mol. The fraction of sp³-hybridized carbons (Fsp3) is 0.333. The Kier molecular flexibility index (Phi) is 6.90. The van der Waals surface area contributed by atoms with Gasteiger partial charge in [-0.3, -0.25) is 9.59 Å². The average Bonchev–Trinajstić information content (AvgIpc) is 2.99. The van der Waals surface area contributed by atoms with E-state index in [0.29, 0.717) is 30.9 Å². The molecule has 2 aromatic carbocycles. The maximum atomic E-state index is 12.9. The van der Waals surface area contributed by atoms with E-state index in [4.69, 9.17) is 9.47 Å². The van der Waals surface area contributed by atoms with Crippen LogP contribution in [0.2, 0.25) is 0 Å². The summed E-state index contributed by atoms with van der Waals surface area (Å²) >= 11 is 0. The number of ether oxygens (including phenoxy) is 2. The zero-order valence-corrected chi connectivity index (χ0v) is 17.5. The number of Topliss-reactive ketones (excluding diaryl/α,β-unsaturated/α-hetero) is 1. The highest BCUT2D eigenvalue weighted by atomic mass is 16.5. The van der Waals surface area contributed by atoms with Crippen molar-refractivity contribution in [1.29, 1.82) is 0 Å². The van der Waals surface area contributed by atoms with Crippen LogP contribution in [0.25, 0.3) is 5.76 Å². The summed E-state index contributed by atoms with van der Waals surface area (Å²) in [7, 11) is 1.59. The van der Waals surface area contributed by atoms with E-state index in [1.165, 1.54) is 4.90 Å². The number of likely N-dealkylation sites (tertiary alicyclic amines) is 1. The smallest absolute Gasteiger partial charge is 0.295 e. The normalized spacial score (nSPS) is 18.3. The predicted octanol–water partition coefficient (Wildman–Crippen LogP) is 3.93. The van der Waals surface area contributed by atoms with E-state index in [1.54, 1.807) is 31.4 Å². The molecule has 6 heteroatoms. The summed E-state index contributed by atoms with van der Waals surface area (Å²) in [6.07, 6.45) is 0.619. The van der Waals surface area contributed by atoms with Crippen molar-refractivity contribution in [2.24, 2.45) is 0 Å². The largest absolute Gasteiger partial charge is 0.507 e. The van der Waals surface area contributed by atoms with Gasteiger partial charge in [0.1, 0.15) is 11.5 Å². The van der Waals surface area contributed by atoms with Crippen molar-refractivity contribution in [1.82, 2.24) is 4.90 Å². The van der Waals surface area contributed by atoms with Gasteiger partial charge >= 0.3 is 0 Å². The first-order valence-corrected chi connectivity index (χ1v) is 10.0. The molecule has 0 saturated carbocycles. The Balaban J connectivity index is 2.02. The number of carbonyl (C=O) groups is 2. The zero-order chi connectivity index (χ0) is 21.7. The lowest BCUT2D eigenvalue weighted by molar-refractivity contribution is -0.140. The van der Waals surface area contributed by atoms with Crippen LogP contribution in [-0.2, 0) is 14.3 Å². The predicted molar refractivity (Wildman–Crippen MR) is 114 cm³/mol. The number of aliphatic hydroxyl groups is 1. The molecule has 1 amide bonds. The maximum Gasteiger partial charge on any atom is 0.295 e. The van der Waals surface area contributed by atoms with E-state index in [9.17, 15) is 14.7 Å². The van der Waals surface area contributed by atoms with Gasteiger partial charge in [0.05, 0.1) is 17.7 Å². The second kappa shape index (κ2) is 9.59. The first-order chi connectivity index (χ1) is 14.4. The third kappa shape index (κ3) is 4.54. The number of carbonyl (C=O) groups excluding carboxylic acids is 2. The number of nitrogens with zero attached hydrogens (tertiary/aromatic N) is 1. The molecule has 1 unspecified atom stereocenters. The molecule has 0 aromatic heterocycles. The molecule has 3 rings (SSSR count). The minimum Gasteiger partial charge on any atom is -0.507 e. The molecule has 30 heavy (non-hydrogen) atoms. The van der Waals surface area contributed by atoms with Crippen LogP contribution in [0.5, 0.6) is 5.75 Å². The van der Waals surface area contributed by atoms with E-state index in [2.05, 4.69) is 0 Å². The standard InChI is InChI=1S/C24H27NO5/c1-16(2)30-19-12-10-18(11-13-19)22(26)20-21(17-8-5-4-6-9-17)25(14-7-15-29-3)24(28)23(20)27/h4-6,8-13,16,21,26H,7,14-15H2,1-3H3/b22-20-. The number of methoxy groups -OCH3 is 1. The number of hydrogen-bond acceptors (Lipinski definition) is 5. The molecule has 1 fully saturated rings. The maximum absolute atomic E-state index is 12.9. The van der Waals surface area contributed by atoms with Crippen molar-refractivity contribution in [3.05, 3.63) is 71.3 Å². The SMILES string of the molecule is COCCCN1C(=O)C(=O)/C(=C(\O)c2ccc(OC(C)C)cc2)C1c1ccccc1. The fourth-order valence-corrected chi connectivity index (χ4v) is 3.59. The molecule has 0 bridgehead atoms. The van der Waals surface area contributed by atoms with Crippen LogP contribution in [0.1, 0.15) is 37.4 Å². The van der Waals surface area contributed by atoms with Gasteiger partial charge in [0.25, 0.3) is 11.7 Å². The van der Waals surface area contributed by atoms with Gasteiger partial charge in [-0.25, -0.2) is 0 Å². The minimum atomic E-state index is -0.679. The van der Waals surface area contributed by atoms with Crippen LogP contribution < -0.4 is 4.74 Å². The van der Waals surface area contributed by atoms with Crippen molar-refractivity contribution in [2.45, 2.75) is 32.4 Å². The third-order valence-electron chi connectivity index (χ3n) is 4.90. The molecular formula is C24H27NO5. The van der Waals surface area contributed by atoms with Crippen molar-refractivity contribution in [3.8, 4) is 5.75 Å². The topological polar surface area (TPSA) is 76.1 Å². The van der Waals surface area contributed by atoms with Crippen molar-refractivity contribution >= 4 is 17.4 Å². The van der Waals surface area contributed by atoms with E-state index in [-0.39, 0.29) is 17.4 Å². The molecule has 1 heterocycles. The summed E-state index contributed by atoms with van der Waals surface area (Å²) in [6.45, 7) is 4.69. The Hall–Kier alpha value is -3.12. The number of benzene rings is 2. The summed E-state index contributed by atoms with van der Waals surface area (Å²) in [4.78, 5) is 27.2. The Morgan fingerprint density at radius 1 is 1.07 bits per heavy atom. The van der Waals surface area contributed by atoms with Crippen LogP contribution in [-0.4, -0.2) is 48.1 Å². The second-order valence-electron chi connectivity index (χ2n) is 7.44. The van der Waals surface area contributed by atoms with E-state index in [1.807, 2.05) is 44.2 Å². The number of hydrogen-bond donors (Lipinski definition) is 1. The molecule has 158 valence electrons. The lowest BCUT2D eigenvalue weighted by atomic mass is 9.95. The molecule has 1 atom stereocenters. The number of ketones is 1. The summed E-state index contributed by atoms with van der Waals surface area (Å²) < 4.78 is 10.7. The highest BCUT2D eigenvalue weighted by Crippen LogP contribution is 2.39. The molecule has 1 aliphatic rings. The van der Waals surface area contributed by atoms with Crippen LogP contribution in [0.3, 0.4) is 0 Å². The quantitative estimate of drug-likeness (QED) is 0.309. The molecule has 0 spiro atoms. The van der Waals surface area contributed by atoms with Gasteiger partial charge < -0.3 is 19.5 Å². The van der Waals surface area contributed by atoms with Gasteiger partial charge in [0, 0.05) is 25.8 Å². The van der Waals surface area contributed by atoms with Gasteiger partial charge in [-0.05, 0) is 50.1 Å². The number of amides is 1. The van der Waals surface area contributed by atoms with E-state index >= 15 is 0 Å². The van der Waals surface area contributed by atoms with Gasteiger partial charge in [0.2, 0.25) is 0 Å². The van der Waals surface area contributed by atoms with Crippen molar-refractivity contribution in [3.63, 3.8) is 0 Å². The summed E-state index contributed by atoms with van der Waals surface area (Å²) in [5.74, 6) is -0.809. The van der Waals surface area contributed by atoms with Crippen molar-refractivity contribution in [2.75, 3.05) is 20.3 Å². The van der Waals surface area contributed by atoms with Gasteiger partial charge in [0.15, 0.2) is 0 Å². The van der Waals surface area contributed by atoms with Crippen LogP contribution in [0, 0.1) is 0 Å². The highest BCUT2D eigenvalue weighted by molar-refractivity contribution is 6.46. The van der Waals surface area contributed by atoms with Crippen molar-refractivity contribution < 1.29 is 24.2 Å². The lowest BCUT2D eigenvalue weighted by Crippen LogP contribution is -2.31. The first kappa shape index (κ1) is 21.6. The Labute approximate surface area is 176 Å². The van der Waals surface area contributed by atoms with Crippen LogP contribution in [0.15, 0.2) is 60.2 Å². The summed E-state index contributed by atoms with van der Waals surface area (Å²) in [6, 6.07) is 15.5. The Morgan fingerprint density at radius 3 is 2.33 bits per heavy atom. The highest BCUT2D eigenvalue weighted by Gasteiger charge is 2.45. The lowest BCUT2D eigenvalue weighted by Gasteiger charge is -2.25. The molecule has 6 nitrogen and oxygen atoms in total. The van der Waals surface area contributed by atoms with Crippen LogP contribution >= 0.6 is 0 Å². The molecule has 2 aromatic rings. The van der Waals surface area contributed by atoms with Gasteiger partial charge in [-0.2, -0.15) is 0 Å². The number of aliphatic hydroxyl groups excluding tert-OH is 1. The zero-order valence-electron chi connectivity index (χ0n) is 17.5. The first-order valence-electron chi connectivity index (χ1n) is 10.0. The number of rotatable bonds is 8. The Morgan fingerprint density at radius 2 is 1.73 bits per heavy atom. The molecule has 1 aliphatic heterocycles. The second-order valence-corrected chi connectivity index (χ2v) is 7.44. The third-order valence-corrected chi connectivity index (χ3v) is 4.90. The molecule has 1 saturated heterocycles. The van der Waals surface area contributed by atoms with Gasteiger partial charge in [-0.15, -0.1) is 0 Å². The molecular weight excluding hydrogens is 382 g/mol. The van der Waals surface area contributed by atoms with E-state index in [0.717, 1.165) is 5.56 Å².